The standard InChI is InChI=1S/C21H30N4O2/c1-17-7-9-19(10-8-17)24-21(22)23-16-18-5-4-6-20(15-18)27-14-12-25(2)11-13-26-3/h4-10,15H,11-14,16H2,1-3H3,(H3,22,23,24). The molecule has 27 heavy (non-hydrogen) atoms. The highest BCUT2D eigenvalue weighted by Gasteiger charge is 2.01. The normalized spacial score (nSPS) is 11.6. The zero-order valence-corrected chi connectivity index (χ0v) is 16.4. The second-order valence-corrected chi connectivity index (χ2v) is 6.48. The van der Waals surface area contributed by atoms with Crippen LogP contribution in [0.15, 0.2) is 53.5 Å². The Balaban J connectivity index is 1.81. The van der Waals surface area contributed by atoms with Crippen molar-refractivity contribution in [2.45, 2.75) is 13.5 Å². The Morgan fingerprint density at radius 3 is 2.59 bits per heavy atom. The molecule has 0 aliphatic heterocycles. The van der Waals surface area contributed by atoms with E-state index in [0.29, 0.717) is 19.1 Å². The van der Waals surface area contributed by atoms with E-state index in [0.717, 1.165) is 36.7 Å². The van der Waals surface area contributed by atoms with Crippen LogP contribution in [-0.4, -0.2) is 51.3 Å². The number of nitrogens with two attached hydrogens (primary N) is 1. The van der Waals surface area contributed by atoms with E-state index in [-0.39, 0.29) is 0 Å². The van der Waals surface area contributed by atoms with Crippen molar-refractivity contribution in [2.75, 3.05) is 45.8 Å². The van der Waals surface area contributed by atoms with Gasteiger partial charge in [-0.05, 0) is 43.8 Å². The van der Waals surface area contributed by atoms with E-state index in [1.54, 1.807) is 7.11 Å². The number of likely N-dealkylation sites (N-methyl/N-ethyl adjacent to an activating group) is 1. The Morgan fingerprint density at radius 2 is 1.85 bits per heavy atom. The van der Waals surface area contributed by atoms with Gasteiger partial charge in [-0.1, -0.05) is 29.8 Å². The summed E-state index contributed by atoms with van der Waals surface area (Å²) < 4.78 is 10.9. The molecule has 2 rings (SSSR count). The maximum Gasteiger partial charge on any atom is 0.193 e. The van der Waals surface area contributed by atoms with Gasteiger partial charge in [0.05, 0.1) is 13.2 Å². The molecule has 0 unspecified atom stereocenters. The Kier molecular flexibility index (Phi) is 8.61. The molecule has 0 saturated heterocycles. The molecule has 0 radical (unpaired) electrons. The molecule has 0 fully saturated rings. The van der Waals surface area contributed by atoms with Crippen molar-refractivity contribution in [1.29, 1.82) is 0 Å². The number of aryl methyl sites for hydroxylation is 1. The summed E-state index contributed by atoms with van der Waals surface area (Å²) in [6.45, 7) is 5.64. The van der Waals surface area contributed by atoms with Gasteiger partial charge in [0.25, 0.3) is 0 Å². The number of hydrogen-bond donors (Lipinski definition) is 2. The van der Waals surface area contributed by atoms with Gasteiger partial charge in [-0.25, -0.2) is 4.99 Å². The van der Waals surface area contributed by atoms with Gasteiger partial charge in [0.15, 0.2) is 5.96 Å². The summed E-state index contributed by atoms with van der Waals surface area (Å²) in [4.78, 5) is 6.58. The number of nitrogens with zero attached hydrogens (tertiary/aromatic N) is 2. The zero-order chi connectivity index (χ0) is 19.5. The SMILES string of the molecule is COCCN(C)CCOc1cccc(CN=C(N)Nc2ccc(C)cc2)c1. The third kappa shape index (κ3) is 8.11. The second-order valence-electron chi connectivity index (χ2n) is 6.48. The summed E-state index contributed by atoms with van der Waals surface area (Å²) in [5.41, 5.74) is 9.16. The molecule has 0 spiro atoms. The van der Waals surface area contributed by atoms with E-state index in [2.05, 4.69) is 22.3 Å². The van der Waals surface area contributed by atoms with E-state index in [1.165, 1.54) is 5.56 Å². The van der Waals surface area contributed by atoms with E-state index < -0.39 is 0 Å². The molecule has 2 aromatic carbocycles. The fourth-order valence-electron chi connectivity index (χ4n) is 2.41. The lowest BCUT2D eigenvalue weighted by Gasteiger charge is -2.16. The van der Waals surface area contributed by atoms with Crippen LogP contribution in [0.1, 0.15) is 11.1 Å². The molecule has 2 aromatic rings. The summed E-state index contributed by atoms with van der Waals surface area (Å²) in [7, 11) is 3.76. The first kappa shape index (κ1) is 20.7. The minimum absolute atomic E-state index is 0.393. The van der Waals surface area contributed by atoms with Crippen molar-refractivity contribution in [3.8, 4) is 5.75 Å². The quantitative estimate of drug-likeness (QED) is 0.497. The van der Waals surface area contributed by atoms with E-state index in [4.69, 9.17) is 15.2 Å². The number of guanidine groups is 1. The molecule has 0 amide bonds. The average molecular weight is 370 g/mol. The van der Waals surface area contributed by atoms with Crippen molar-refractivity contribution in [3.63, 3.8) is 0 Å². The smallest absolute Gasteiger partial charge is 0.193 e. The minimum atomic E-state index is 0.393. The lowest BCUT2D eigenvalue weighted by molar-refractivity contribution is 0.150. The highest BCUT2D eigenvalue weighted by Crippen LogP contribution is 2.14. The van der Waals surface area contributed by atoms with E-state index in [9.17, 15) is 0 Å². The maximum atomic E-state index is 5.97. The molecule has 0 heterocycles. The van der Waals surface area contributed by atoms with Crippen LogP contribution in [-0.2, 0) is 11.3 Å². The van der Waals surface area contributed by atoms with Gasteiger partial charge in [-0.3, -0.25) is 0 Å². The highest BCUT2D eigenvalue weighted by atomic mass is 16.5. The Bertz CT molecular complexity index is 716. The molecule has 0 atom stereocenters. The monoisotopic (exact) mass is 370 g/mol. The third-order valence-corrected chi connectivity index (χ3v) is 4.07. The summed E-state index contributed by atoms with van der Waals surface area (Å²) in [6.07, 6.45) is 0. The molecule has 3 N–H and O–H groups in total. The van der Waals surface area contributed by atoms with Gasteiger partial charge in [0.2, 0.25) is 0 Å². The number of nitrogens with one attached hydrogen (secondary N) is 1. The zero-order valence-electron chi connectivity index (χ0n) is 16.4. The molecule has 146 valence electrons. The van der Waals surface area contributed by atoms with Crippen molar-refractivity contribution in [1.82, 2.24) is 4.90 Å². The largest absolute Gasteiger partial charge is 0.492 e. The van der Waals surface area contributed by atoms with Crippen molar-refractivity contribution in [3.05, 3.63) is 59.7 Å². The first-order valence-corrected chi connectivity index (χ1v) is 9.09. The maximum absolute atomic E-state index is 5.97. The number of hydrogen-bond acceptors (Lipinski definition) is 4. The van der Waals surface area contributed by atoms with Crippen LogP contribution in [0.25, 0.3) is 0 Å². The Morgan fingerprint density at radius 1 is 1.11 bits per heavy atom. The molecular weight excluding hydrogens is 340 g/mol. The minimum Gasteiger partial charge on any atom is -0.492 e. The highest BCUT2D eigenvalue weighted by molar-refractivity contribution is 5.92. The third-order valence-electron chi connectivity index (χ3n) is 4.07. The van der Waals surface area contributed by atoms with Crippen LogP contribution >= 0.6 is 0 Å². The average Bonchev–Trinajstić information content (AvgIpc) is 2.67. The molecule has 0 bridgehead atoms. The number of rotatable bonds is 10. The predicted molar refractivity (Wildman–Crippen MR) is 111 cm³/mol. The lowest BCUT2D eigenvalue weighted by atomic mass is 10.2. The molecule has 0 aliphatic carbocycles. The fourth-order valence-corrected chi connectivity index (χ4v) is 2.41. The number of ether oxygens (including phenoxy) is 2. The first-order valence-electron chi connectivity index (χ1n) is 9.09. The molecule has 6 nitrogen and oxygen atoms in total. The van der Waals surface area contributed by atoms with Crippen molar-refractivity contribution >= 4 is 11.6 Å². The van der Waals surface area contributed by atoms with Gasteiger partial charge < -0.3 is 25.4 Å². The van der Waals surface area contributed by atoms with Crippen LogP contribution < -0.4 is 15.8 Å². The van der Waals surface area contributed by atoms with Gasteiger partial charge in [0.1, 0.15) is 12.4 Å². The van der Waals surface area contributed by atoms with Gasteiger partial charge in [-0.2, -0.15) is 0 Å². The number of anilines is 1. The van der Waals surface area contributed by atoms with Gasteiger partial charge >= 0.3 is 0 Å². The molecular formula is C21H30N4O2. The fraction of sp³-hybridized carbons (Fsp3) is 0.381. The van der Waals surface area contributed by atoms with Gasteiger partial charge in [0, 0.05) is 25.9 Å². The Labute approximate surface area is 162 Å². The Hall–Kier alpha value is -2.57. The van der Waals surface area contributed by atoms with Crippen LogP contribution in [0, 0.1) is 6.92 Å². The number of methoxy groups -OCH3 is 1. The summed E-state index contributed by atoms with van der Waals surface area (Å²) in [5, 5.41) is 3.10. The van der Waals surface area contributed by atoms with Crippen LogP contribution in [0.2, 0.25) is 0 Å². The lowest BCUT2D eigenvalue weighted by Crippen LogP contribution is -2.27. The van der Waals surface area contributed by atoms with E-state index in [1.807, 2.05) is 55.5 Å². The van der Waals surface area contributed by atoms with Crippen LogP contribution in [0.3, 0.4) is 0 Å². The second kappa shape index (κ2) is 11.2. The first-order chi connectivity index (χ1) is 13.1. The van der Waals surface area contributed by atoms with Crippen LogP contribution in [0.5, 0.6) is 5.75 Å². The number of benzene rings is 2. The summed E-state index contributed by atoms with van der Waals surface area (Å²) in [6, 6.07) is 16.0. The summed E-state index contributed by atoms with van der Waals surface area (Å²) in [5.74, 6) is 1.23. The molecule has 6 heteroatoms. The number of aliphatic imine (C=N–C) groups is 1. The molecule has 0 aliphatic rings. The van der Waals surface area contributed by atoms with Gasteiger partial charge in [-0.15, -0.1) is 0 Å². The molecule has 0 saturated carbocycles. The van der Waals surface area contributed by atoms with Crippen LogP contribution in [0.4, 0.5) is 5.69 Å². The topological polar surface area (TPSA) is 72.1 Å². The van der Waals surface area contributed by atoms with Crippen molar-refractivity contribution < 1.29 is 9.47 Å². The van der Waals surface area contributed by atoms with E-state index >= 15 is 0 Å². The van der Waals surface area contributed by atoms with Crippen molar-refractivity contribution in [2.24, 2.45) is 10.7 Å². The summed E-state index contributed by atoms with van der Waals surface area (Å²) >= 11 is 0. The predicted octanol–water partition coefficient (Wildman–Crippen LogP) is 2.88. The molecule has 0 aromatic heterocycles.